The second-order valence-electron chi connectivity index (χ2n) is 5.41. The first-order chi connectivity index (χ1) is 9.82. The van der Waals surface area contributed by atoms with Gasteiger partial charge in [0.1, 0.15) is 0 Å². The fraction of sp³-hybridized carbons (Fsp3) is 0.357. The molecule has 1 aromatic rings. The summed E-state index contributed by atoms with van der Waals surface area (Å²) >= 11 is 0. The summed E-state index contributed by atoms with van der Waals surface area (Å²) in [5.41, 5.74) is 5.05. The van der Waals surface area contributed by atoms with Gasteiger partial charge < -0.3 is 21.1 Å². The van der Waals surface area contributed by atoms with E-state index in [0.717, 1.165) is 0 Å². The molecule has 0 radical (unpaired) electrons. The number of hydrogen-bond acceptors (Lipinski definition) is 3. The van der Waals surface area contributed by atoms with Crippen LogP contribution in [0.25, 0.3) is 0 Å². The Kier molecular flexibility index (Phi) is 3.84. The zero-order chi connectivity index (χ0) is 15.6. The summed E-state index contributed by atoms with van der Waals surface area (Å²) < 4.78 is 0. The van der Waals surface area contributed by atoms with Crippen molar-refractivity contribution in [3.05, 3.63) is 29.8 Å². The van der Waals surface area contributed by atoms with Gasteiger partial charge in [-0.05, 0) is 37.6 Å². The molecule has 0 saturated carbocycles. The molecule has 0 aromatic heterocycles. The van der Waals surface area contributed by atoms with Crippen molar-refractivity contribution in [3.8, 4) is 0 Å². The summed E-state index contributed by atoms with van der Waals surface area (Å²) in [6.45, 7) is 2.26. The van der Waals surface area contributed by atoms with Gasteiger partial charge in [0.25, 0.3) is 5.91 Å². The number of aliphatic carboxylic acids is 1. The van der Waals surface area contributed by atoms with Gasteiger partial charge in [0.2, 0.25) is 0 Å². The third-order valence-electron chi connectivity index (χ3n) is 3.68. The zero-order valence-electron chi connectivity index (χ0n) is 11.6. The third kappa shape index (κ3) is 3.13. The Morgan fingerprint density at radius 1 is 1.29 bits per heavy atom. The average Bonchev–Trinajstić information content (AvgIpc) is 2.82. The number of nitrogens with zero attached hydrogens (tertiary/aromatic N) is 1. The number of anilines is 1. The van der Waals surface area contributed by atoms with E-state index in [4.69, 9.17) is 5.73 Å². The minimum atomic E-state index is -0.890. The molecule has 1 atom stereocenters. The number of hydrogen-bond donors (Lipinski definition) is 3. The van der Waals surface area contributed by atoms with Crippen LogP contribution in [0.2, 0.25) is 0 Å². The fourth-order valence-corrected chi connectivity index (χ4v) is 2.33. The van der Waals surface area contributed by atoms with E-state index in [1.165, 1.54) is 4.90 Å². The molecule has 1 heterocycles. The van der Waals surface area contributed by atoms with Crippen molar-refractivity contribution >= 4 is 23.6 Å². The van der Waals surface area contributed by atoms with Crippen LogP contribution in [0.5, 0.6) is 0 Å². The van der Waals surface area contributed by atoms with Gasteiger partial charge in [-0.1, -0.05) is 0 Å². The van der Waals surface area contributed by atoms with Crippen molar-refractivity contribution < 1.29 is 19.5 Å². The van der Waals surface area contributed by atoms with Gasteiger partial charge in [0.05, 0.1) is 5.41 Å². The number of amides is 3. The molecule has 3 amide bonds. The number of carbonyl (C=O) groups is 3. The van der Waals surface area contributed by atoms with Crippen LogP contribution in [0.15, 0.2) is 24.3 Å². The standard InChI is InChI=1S/C14H17N3O4/c1-14(12(19)20)6-7-17(8-14)11(18)9-2-4-10(5-3-9)16-13(15)21/h2-5H,6-8H2,1H3,(H,19,20)(H3,15,16,21). The molecule has 7 heteroatoms. The van der Waals surface area contributed by atoms with E-state index in [-0.39, 0.29) is 12.5 Å². The number of likely N-dealkylation sites (tertiary alicyclic amines) is 1. The topological polar surface area (TPSA) is 113 Å². The number of carboxylic acids is 1. The molecule has 1 aromatic carbocycles. The Morgan fingerprint density at radius 2 is 1.90 bits per heavy atom. The molecule has 1 aliphatic rings. The first-order valence-electron chi connectivity index (χ1n) is 6.51. The smallest absolute Gasteiger partial charge is 0.316 e. The van der Waals surface area contributed by atoms with Crippen LogP contribution in [-0.2, 0) is 4.79 Å². The normalized spacial score (nSPS) is 21.1. The lowest BCUT2D eigenvalue weighted by atomic mass is 9.90. The number of carbonyl (C=O) groups excluding carboxylic acids is 2. The average molecular weight is 291 g/mol. The summed E-state index contributed by atoms with van der Waals surface area (Å²) in [5, 5.41) is 11.6. The summed E-state index contributed by atoms with van der Waals surface area (Å²) in [6.07, 6.45) is 0.440. The van der Waals surface area contributed by atoms with E-state index in [1.807, 2.05) is 0 Å². The van der Waals surface area contributed by atoms with E-state index in [0.29, 0.717) is 24.2 Å². The van der Waals surface area contributed by atoms with Crippen molar-refractivity contribution in [1.29, 1.82) is 0 Å². The molecule has 7 nitrogen and oxygen atoms in total. The van der Waals surface area contributed by atoms with Crippen molar-refractivity contribution in [2.24, 2.45) is 11.1 Å². The summed E-state index contributed by atoms with van der Waals surface area (Å²) in [5.74, 6) is -1.11. The molecule has 112 valence electrons. The number of carboxylic acid groups (broad SMARTS) is 1. The molecule has 2 rings (SSSR count). The van der Waals surface area contributed by atoms with Crippen molar-refractivity contribution in [3.63, 3.8) is 0 Å². The van der Waals surface area contributed by atoms with E-state index < -0.39 is 17.4 Å². The Balaban J connectivity index is 2.07. The third-order valence-corrected chi connectivity index (χ3v) is 3.68. The number of primary amides is 1. The highest BCUT2D eigenvalue weighted by Crippen LogP contribution is 2.31. The van der Waals surface area contributed by atoms with E-state index in [9.17, 15) is 19.5 Å². The van der Waals surface area contributed by atoms with Crippen molar-refractivity contribution in [2.75, 3.05) is 18.4 Å². The maximum atomic E-state index is 12.3. The van der Waals surface area contributed by atoms with Crippen molar-refractivity contribution in [1.82, 2.24) is 4.90 Å². The molecule has 21 heavy (non-hydrogen) atoms. The minimum Gasteiger partial charge on any atom is -0.481 e. The van der Waals surface area contributed by atoms with Crippen LogP contribution in [0.3, 0.4) is 0 Å². The van der Waals surface area contributed by atoms with Crippen LogP contribution in [-0.4, -0.2) is 41.0 Å². The lowest BCUT2D eigenvalue weighted by molar-refractivity contribution is -0.147. The summed E-state index contributed by atoms with van der Waals surface area (Å²) in [4.78, 5) is 35.7. The predicted molar refractivity (Wildman–Crippen MR) is 75.9 cm³/mol. The first-order valence-corrected chi connectivity index (χ1v) is 6.51. The second kappa shape index (κ2) is 5.43. The van der Waals surface area contributed by atoms with Gasteiger partial charge in [-0.3, -0.25) is 9.59 Å². The molecule has 1 fully saturated rings. The highest BCUT2D eigenvalue weighted by Gasteiger charge is 2.42. The van der Waals surface area contributed by atoms with Gasteiger partial charge in [-0.25, -0.2) is 4.79 Å². The second-order valence-corrected chi connectivity index (χ2v) is 5.41. The Bertz CT molecular complexity index is 584. The Hall–Kier alpha value is -2.57. The molecular formula is C14H17N3O4. The molecule has 0 aliphatic carbocycles. The summed E-state index contributed by atoms with van der Waals surface area (Å²) in [7, 11) is 0. The number of urea groups is 1. The largest absolute Gasteiger partial charge is 0.481 e. The molecule has 1 saturated heterocycles. The molecule has 0 bridgehead atoms. The lowest BCUT2D eigenvalue weighted by Crippen LogP contribution is -2.34. The number of nitrogens with one attached hydrogen (secondary N) is 1. The Labute approximate surface area is 121 Å². The van der Waals surface area contributed by atoms with Crippen LogP contribution in [0, 0.1) is 5.41 Å². The predicted octanol–water partition coefficient (Wildman–Crippen LogP) is 1.11. The van der Waals surface area contributed by atoms with Gasteiger partial charge in [0, 0.05) is 24.3 Å². The minimum absolute atomic E-state index is 0.197. The van der Waals surface area contributed by atoms with Crippen LogP contribution >= 0.6 is 0 Å². The van der Waals surface area contributed by atoms with Gasteiger partial charge in [-0.2, -0.15) is 0 Å². The molecular weight excluding hydrogens is 274 g/mol. The lowest BCUT2D eigenvalue weighted by Gasteiger charge is -2.20. The van der Waals surface area contributed by atoms with Crippen LogP contribution in [0.4, 0.5) is 10.5 Å². The molecule has 1 aliphatic heterocycles. The monoisotopic (exact) mass is 291 g/mol. The van der Waals surface area contributed by atoms with E-state index in [1.54, 1.807) is 31.2 Å². The number of nitrogens with two attached hydrogens (primary N) is 1. The maximum absolute atomic E-state index is 12.3. The Morgan fingerprint density at radius 3 is 2.38 bits per heavy atom. The summed E-state index contributed by atoms with van der Waals surface area (Å²) in [6, 6.07) is 5.62. The number of benzene rings is 1. The fourth-order valence-electron chi connectivity index (χ4n) is 2.33. The highest BCUT2D eigenvalue weighted by molar-refractivity contribution is 5.96. The van der Waals surface area contributed by atoms with E-state index >= 15 is 0 Å². The van der Waals surface area contributed by atoms with Crippen molar-refractivity contribution in [2.45, 2.75) is 13.3 Å². The van der Waals surface area contributed by atoms with Gasteiger partial charge >= 0.3 is 12.0 Å². The maximum Gasteiger partial charge on any atom is 0.316 e. The molecule has 1 unspecified atom stereocenters. The van der Waals surface area contributed by atoms with Gasteiger partial charge in [-0.15, -0.1) is 0 Å². The van der Waals surface area contributed by atoms with Crippen LogP contribution in [0.1, 0.15) is 23.7 Å². The highest BCUT2D eigenvalue weighted by atomic mass is 16.4. The number of rotatable bonds is 3. The van der Waals surface area contributed by atoms with Gasteiger partial charge in [0.15, 0.2) is 0 Å². The van der Waals surface area contributed by atoms with Crippen LogP contribution < -0.4 is 11.1 Å². The zero-order valence-corrected chi connectivity index (χ0v) is 11.6. The SMILES string of the molecule is CC1(C(=O)O)CCN(C(=O)c2ccc(NC(N)=O)cc2)C1. The molecule has 4 N–H and O–H groups in total. The first kappa shape index (κ1) is 14.8. The van der Waals surface area contributed by atoms with E-state index in [2.05, 4.69) is 5.32 Å². The molecule has 0 spiro atoms. The quantitative estimate of drug-likeness (QED) is 0.774.